The summed E-state index contributed by atoms with van der Waals surface area (Å²) >= 11 is 0. The molecule has 0 aliphatic heterocycles. The largest absolute Gasteiger partial charge is 0.454 e. The summed E-state index contributed by atoms with van der Waals surface area (Å²) in [4.78, 5) is 4.61. The lowest BCUT2D eigenvalue weighted by atomic mass is 9.99. The summed E-state index contributed by atoms with van der Waals surface area (Å²) in [7, 11) is 0. The molecular formula is C58H38N2O2. The normalized spacial score (nSPS) is 11.5. The summed E-state index contributed by atoms with van der Waals surface area (Å²) in [5, 5.41) is 6.77. The molecule has 2 heterocycles. The van der Waals surface area contributed by atoms with Gasteiger partial charge in [0.25, 0.3) is 0 Å². The average Bonchev–Trinajstić information content (AvgIpc) is 3.92. The second kappa shape index (κ2) is 14.7. The van der Waals surface area contributed by atoms with Gasteiger partial charge in [0, 0.05) is 44.0 Å². The number of para-hydroxylation sites is 5. The highest BCUT2D eigenvalue weighted by Crippen LogP contribution is 2.46. The van der Waals surface area contributed by atoms with Crippen LogP contribution in [0.1, 0.15) is 0 Å². The van der Waals surface area contributed by atoms with Crippen molar-refractivity contribution in [2.75, 3.05) is 9.80 Å². The van der Waals surface area contributed by atoms with Crippen molar-refractivity contribution in [3.05, 3.63) is 231 Å². The standard InChI is InChI=1S/C58H38N2O2/c1-2-15-44(16-3-1)59(52-22-10-14-43-13-4-5-17-47(43)52)45-35-31-41(32-36-45)39-27-29-40(30-28-39)42-33-37-46(38-34-42)60(53-23-11-20-50-48-18-6-8-25-55(48)61-57(50)53)54-24-12-21-51-49-19-7-9-26-56(49)62-58(51)54/h1-38H. The second-order valence-corrected chi connectivity index (χ2v) is 15.7. The minimum absolute atomic E-state index is 0.829. The van der Waals surface area contributed by atoms with Crippen LogP contribution in [-0.4, -0.2) is 0 Å². The zero-order valence-corrected chi connectivity index (χ0v) is 33.7. The predicted molar refractivity (Wildman–Crippen MR) is 259 cm³/mol. The molecule has 0 saturated heterocycles. The molecule has 0 radical (unpaired) electrons. The van der Waals surface area contributed by atoms with Crippen molar-refractivity contribution < 1.29 is 8.83 Å². The first-order valence-corrected chi connectivity index (χ1v) is 21.0. The first kappa shape index (κ1) is 35.6. The lowest BCUT2D eigenvalue weighted by molar-refractivity contribution is 0.666. The Morgan fingerprint density at radius 1 is 0.242 bits per heavy atom. The fourth-order valence-electron chi connectivity index (χ4n) is 9.09. The summed E-state index contributed by atoms with van der Waals surface area (Å²) in [6, 6.07) is 81.5. The molecule has 0 fully saturated rings. The van der Waals surface area contributed by atoms with E-state index < -0.39 is 0 Å². The van der Waals surface area contributed by atoms with Crippen molar-refractivity contribution in [3.63, 3.8) is 0 Å². The van der Waals surface area contributed by atoms with Crippen LogP contribution in [-0.2, 0) is 0 Å². The van der Waals surface area contributed by atoms with Crippen LogP contribution in [0.25, 0.3) is 76.9 Å². The van der Waals surface area contributed by atoms with Crippen molar-refractivity contribution in [2.24, 2.45) is 0 Å². The number of rotatable bonds is 8. The van der Waals surface area contributed by atoms with Gasteiger partial charge in [-0.1, -0.05) is 164 Å². The number of anilines is 6. The number of benzene rings is 10. The minimum Gasteiger partial charge on any atom is -0.454 e. The van der Waals surface area contributed by atoms with E-state index in [1.807, 2.05) is 24.3 Å². The van der Waals surface area contributed by atoms with Crippen LogP contribution < -0.4 is 9.80 Å². The highest BCUT2D eigenvalue weighted by molar-refractivity contribution is 6.14. The third kappa shape index (κ3) is 6.00. The van der Waals surface area contributed by atoms with Gasteiger partial charge in [0.15, 0.2) is 11.2 Å². The summed E-state index contributed by atoms with van der Waals surface area (Å²) in [6.45, 7) is 0. The van der Waals surface area contributed by atoms with E-state index in [0.29, 0.717) is 0 Å². The first-order valence-electron chi connectivity index (χ1n) is 21.0. The summed E-state index contributed by atoms with van der Waals surface area (Å²) < 4.78 is 13.2. The van der Waals surface area contributed by atoms with E-state index >= 15 is 0 Å². The monoisotopic (exact) mass is 794 g/mol. The molecule has 292 valence electrons. The van der Waals surface area contributed by atoms with Crippen molar-refractivity contribution >= 4 is 88.8 Å². The van der Waals surface area contributed by atoms with Crippen LogP contribution >= 0.6 is 0 Å². The molecule has 0 amide bonds. The number of hydrogen-bond donors (Lipinski definition) is 0. The van der Waals surface area contributed by atoms with Crippen molar-refractivity contribution in [2.45, 2.75) is 0 Å². The fourth-order valence-corrected chi connectivity index (χ4v) is 9.09. The molecular weight excluding hydrogens is 757 g/mol. The topological polar surface area (TPSA) is 32.8 Å². The van der Waals surface area contributed by atoms with Crippen LogP contribution in [0.3, 0.4) is 0 Å². The van der Waals surface area contributed by atoms with Gasteiger partial charge in [0.1, 0.15) is 11.2 Å². The zero-order valence-electron chi connectivity index (χ0n) is 33.7. The molecule has 4 nitrogen and oxygen atoms in total. The van der Waals surface area contributed by atoms with E-state index in [0.717, 1.165) is 100 Å². The minimum atomic E-state index is 0.829. The van der Waals surface area contributed by atoms with Crippen LogP contribution in [0.2, 0.25) is 0 Å². The van der Waals surface area contributed by atoms with E-state index in [9.17, 15) is 0 Å². The van der Waals surface area contributed by atoms with E-state index in [1.165, 1.54) is 10.8 Å². The Hall–Kier alpha value is -8.34. The van der Waals surface area contributed by atoms with E-state index in [2.05, 4.69) is 216 Å². The fraction of sp³-hybridized carbons (Fsp3) is 0. The quantitative estimate of drug-likeness (QED) is 0.153. The molecule has 4 heteroatoms. The Morgan fingerprint density at radius 3 is 1.16 bits per heavy atom. The third-order valence-corrected chi connectivity index (χ3v) is 12.1. The van der Waals surface area contributed by atoms with Crippen LogP contribution in [0.4, 0.5) is 34.1 Å². The molecule has 0 aliphatic carbocycles. The van der Waals surface area contributed by atoms with Gasteiger partial charge in [-0.25, -0.2) is 0 Å². The molecule has 2 aromatic heterocycles. The number of furan rings is 2. The second-order valence-electron chi connectivity index (χ2n) is 15.7. The van der Waals surface area contributed by atoms with Crippen LogP contribution in [0, 0.1) is 0 Å². The summed E-state index contributed by atoms with van der Waals surface area (Å²) in [5.74, 6) is 0. The van der Waals surface area contributed by atoms with Gasteiger partial charge in [0.05, 0.1) is 17.1 Å². The SMILES string of the molecule is c1ccc(N(c2ccc(-c3ccc(-c4ccc(N(c5cccc6c5oc5ccccc56)c5cccc6c5oc5ccccc56)cc4)cc3)cc2)c2cccc3ccccc23)cc1. The van der Waals surface area contributed by atoms with Gasteiger partial charge in [0.2, 0.25) is 0 Å². The molecule has 0 unspecified atom stereocenters. The van der Waals surface area contributed by atoms with Gasteiger partial charge in [-0.15, -0.1) is 0 Å². The van der Waals surface area contributed by atoms with Gasteiger partial charge < -0.3 is 18.6 Å². The van der Waals surface area contributed by atoms with Gasteiger partial charge in [-0.3, -0.25) is 0 Å². The van der Waals surface area contributed by atoms with Crippen molar-refractivity contribution in [1.82, 2.24) is 0 Å². The third-order valence-electron chi connectivity index (χ3n) is 12.1. The highest BCUT2D eigenvalue weighted by atomic mass is 16.3. The number of fused-ring (bicyclic) bond motifs is 7. The van der Waals surface area contributed by atoms with Gasteiger partial charge in [-0.2, -0.15) is 0 Å². The molecule has 12 aromatic rings. The Kier molecular flexibility index (Phi) is 8.46. The van der Waals surface area contributed by atoms with Gasteiger partial charge in [-0.05, 0) is 94.4 Å². The zero-order chi connectivity index (χ0) is 41.0. The molecule has 62 heavy (non-hydrogen) atoms. The maximum atomic E-state index is 6.62. The Balaban J connectivity index is 0.888. The summed E-state index contributed by atoms with van der Waals surface area (Å²) in [6.07, 6.45) is 0. The summed E-state index contributed by atoms with van der Waals surface area (Å²) in [5.41, 5.74) is 14.3. The molecule has 12 rings (SSSR count). The van der Waals surface area contributed by atoms with E-state index in [4.69, 9.17) is 8.83 Å². The van der Waals surface area contributed by atoms with Crippen molar-refractivity contribution in [1.29, 1.82) is 0 Å². The molecule has 0 saturated carbocycles. The Labute approximate surface area is 358 Å². The predicted octanol–water partition coefficient (Wildman–Crippen LogP) is 16.9. The lowest BCUT2D eigenvalue weighted by Crippen LogP contribution is -2.10. The smallest absolute Gasteiger partial charge is 0.159 e. The molecule has 0 spiro atoms. The van der Waals surface area contributed by atoms with Crippen molar-refractivity contribution in [3.8, 4) is 22.3 Å². The van der Waals surface area contributed by atoms with Gasteiger partial charge >= 0.3 is 0 Å². The molecule has 0 N–H and O–H groups in total. The molecule has 0 bridgehead atoms. The maximum absolute atomic E-state index is 6.62. The first-order chi connectivity index (χ1) is 30.7. The molecule has 0 aliphatic rings. The van der Waals surface area contributed by atoms with E-state index in [-0.39, 0.29) is 0 Å². The Morgan fingerprint density at radius 2 is 0.613 bits per heavy atom. The lowest BCUT2D eigenvalue weighted by Gasteiger charge is -2.27. The average molecular weight is 795 g/mol. The maximum Gasteiger partial charge on any atom is 0.159 e. The Bertz CT molecular complexity index is 3450. The van der Waals surface area contributed by atoms with Crippen LogP contribution in [0.5, 0.6) is 0 Å². The highest BCUT2D eigenvalue weighted by Gasteiger charge is 2.23. The number of hydrogen-bond acceptors (Lipinski definition) is 4. The molecule has 0 atom stereocenters. The molecule has 10 aromatic carbocycles. The van der Waals surface area contributed by atoms with Crippen LogP contribution in [0.15, 0.2) is 239 Å². The van der Waals surface area contributed by atoms with E-state index in [1.54, 1.807) is 0 Å². The number of nitrogens with zero attached hydrogens (tertiary/aromatic N) is 2.